The van der Waals surface area contributed by atoms with Crippen molar-refractivity contribution >= 4 is 27.3 Å². The van der Waals surface area contributed by atoms with E-state index in [1.807, 2.05) is 0 Å². The third kappa shape index (κ3) is 6.86. The van der Waals surface area contributed by atoms with Gasteiger partial charge in [0.2, 0.25) is 5.78 Å². The summed E-state index contributed by atoms with van der Waals surface area (Å²) in [5.74, 6) is -3.74. The molecule has 15 heteroatoms. The van der Waals surface area contributed by atoms with E-state index in [4.69, 9.17) is 4.74 Å². The molecule has 33 heavy (non-hydrogen) atoms. The average Bonchev–Trinajstić information content (AvgIpc) is 2.69. The van der Waals surface area contributed by atoms with Crippen LogP contribution in [0.1, 0.15) is 20.7 Å². The van der Waals surface area contributed by atoms with E-state index in [9.17, 15) is 45.7 Å². The molecule has 0 amide bonds. The Balaban J connectivity index is 2.23. The summed E-state index contributed by atoms with van der Waals surface area (Å²) < 4.78 is 85.9. The SMILES string of the molecule is CS(=O)(=O)c1ccc(C(=O)OCC(=O)c2ccc(OC(F)F)cc2OC(F)F)cc1[N+](=O)[O-]. The smallest absolute Gasteiger partial charge is 0.387 e. The zero-order valence-corrected chi connectivity index (χ0v) is 17.2. The molecule has 178 valence electrons. The fraction of sp³-hybridized carbons (Fsp3) is 0.222. The van der Waals surface area contributed by atoms with E-state index in [2.05, 4.69) is 9.47 Å². The lowest BCUT2D eigenvalue weighted by Gasteiger charge is -2.12. The normalized spacial score (nSPS) is 11.4. The Morgan fingerprint density at radius 3 is 2.21 bits per heavy atom. The second-order valence-electron chi connectivity index (χ2n) is 6.13. The van der Waals surface area contributed by atoms with Crippen LogP contribution >= 0.6 is 0 Å². The molecule has 0 atom stereocenters. The van der Waals surface area contributed by atoms with Gasteiger partial charge in [0, 0.05) is 18.4 Å². The van der Waals surface area contributed by atoms with E-state index < -0.39 is 79.6 Å². The van der Waals surface area contributed by atoms with Crippen molar-refractivity contribution < 1.29 is 54.7 Å². The van der Waals surface area contributed by atoms with Crippen molar-refractivity contribution in [3.05, 3.63) is 57.6 Å². The first-order valence-corrected chi connectivity index (χ1v) is 10.4. The maximum absolute atomic E-state index is 12.6. The molecule has 2 rings (SSSR count). The molecule has 0 bridgehead atoms. The monoisotopic (exact) mass is 495 g/mol. The molecule has 2 aromatic carbocycles. The number of carbonyl (C=O) groups excluding carboxylic acids is 2. The van der Waals surface area contributed by atoms with Crippen LogP contribution in [0, 0.1) is 10.1 Å². The minimum absolute atomic E-state index is 0.466. The van der Waals surface area contributed by atoms with E-state index in [1.165, 1.54) is 0 Å². The minimum Gasteiger partial charge on any atom is -0.454 e. The number of nitro benzene ring substituents is 1. The Kier molecular flexibility index (Phi) is 7.92. The number of benzene rings is 2. The number of ether oxygens (including phenoxy) is 3. The van der Waals surface area contributed by atoms with Gasteiger partial charge in [-0.2, -0.15) is 17.6 Å². The zero-order chi connectivity index (χ0) is 24.9. The van der Waals surface area contributed by atoms with E-state index in [1.54, 1.807) is 0 Å². The largest absolute Gasteiger partial charge is 0.454 e. The number of rotatable bonds is 10. The number of nitro groups is 1. The first-order valence-electron chi connectivity index (χ1n) is 8.52. The van der Waals surface area contributed by atoms with Gasteiger partial charge >= 0.3 is 19.2 Å². The fourth-order valence-corrected chi connectivity index (χ4v) is 3.32. The Hall–Kier alpha value is -3.75. The van der Waals surface area contributed by atoms with Crippen LogP contribution in [0.5, 0.6) is 11.5 Å². The molecule has 2 aromatic rings. The van der Waals surface area contributed by atoms with Crippen molar-refractivity contribution in [3.63, 3.8) is 0 Å². The molecule has 0 aliphatic rings. The number of ketones is 1. The van der Waals surface area contributed by atoms with Crippen LogP contribution in [0.2, 0.25) is 0 Å². The zero-order valence-electron chi connectivity index (χ0n) is 16.4. The Bertz CT molecular complexity index is 1190. The number of sulfone groups is 1. The number of alkyl halides is 4. The number of carbonyl (C=O) groups is 2. The Morgan fingerprint density at radius 1 is 1.03 bits per heavy atom. The second kappa shape index (κ2) is 10.2. The van der Waals surface area contributed by atoms with Crippen molar-refractivity contribution in [2.75, 3.05) is 12.9 Å². The summed E-state index contributed by atoms with van der Waals surface area (Å²) in [5, 5.41) is 11.1. The van der Waals surface area contributed by atoms with Crippen LogP contribution in [0.4, 0.5) is 23.2 Å². The maximum atomic E-state index is 12.6. The highest BCUT2D eigenvalue weighted by Gasteiger charge is 2.25. The molecule has 0 heterocycles. The lowest BCUT2D eigenvalue weighted by Crippen LogP contribution is -2.17. The molecule has 0 aliphatic carbocycles. The summed E-state index contributed by atoms with van der Waals surface area (Å²) in [5.41, 5.74) is -1.92. The molecule has 0 aliphatic heterocycles. The van der Waals surface area contributed by atoms with Gasteiger partial charge in [0.05, 0.1) is 16.1 Å². The number of hydrogen-bond acceptors (Lipinski definition) is 9. The van der Waals surface area contributed by atoms with Gasteiger partial charge in [0.15, 0.2) is 16.4 Å². The number of esters is 1. The Morgan fingerprint density at radius 2 is 1.67 bits per heavy atom. The lowest BCUT2D eigenvalue weighted by atomic mass is 10.1. The summed E-state index contributed by atoms with van der Waals surface area (Å²) in [7, 11) is -3.99. The van der Waals surface area contributed by atoms with Crippen molar-refractivity contribution in [1.82, 2.24) is 0 Å². The highest BCUT2D eigenvalue weighted by molar-refractivity contribution is 7.90. The van der Waals surface area contributed by atoms with Gasteiger partial charge < -0.3 is 14.2 Å². The minimum atomic E-state index is -3.99. The van der Waals surface area contributed by atoms with Gasteiger partial charge in [-0.3, -0.25) is 14.9 Å². The van der Waals surface area contributed by atoms with Gasteiger partial charge in [-0.1, -0.05) is 0 Å². The fourth-order valence-electron chi connectivity index (χ4n) is 2.50. The second-order valence-corrected chi connectivity index (χ2v) is 8.11. The molecule has 0 aromatic heterocycles. The molecule has 0 fully saturated rings. The molecular formula is C18H13F4NO9S. The van der Waals surface area contributed by atoms with Crippen LogP contribution < -0.4 is 9.47 Å². The van der Waals surface area contributed by atoms with Crippen LogP contribution in [-0.2, 0) is 14.6 Å². The van der Waals surface area contributed by atoms with Crippen LogP contribution in [-0.4, -0.2) is 51.2 Å². The predicted molar refractivity (Wildman–Crippen MR) is 101 cm³/mol. The Labute approximate surface area is 182 Å². The number of Topliss-reactive ketones (excluding diaryl/α,β-unsaturated/α-hetero) is 1. The summed E-state index contributed by atoms with van der Waals surface area (Å²) in [6, 6.07) is 4.66. The maximum Gasteiger partial charge on any atom is 0.387 e. The average molecular weight is 495 g/mol. The van der Waals surface area contributed by atoms with E-state index in [0.29, 0.717) is 12.1 Å². The van der Waals surface area contributed by atoms with E-state index >= 15 is 0 Å². The first-order chi connectivity index (χ1) is 15.3. The van der Waals surface area contributed by atoms with Crippen molar-refractivity contribution in [3.8, 4) is 11.5 Å². The van der Waals surface area contributed by atoms with E-state index in [0.717, 1.165) is 30.5 Å². The van der Waals surface area contributed by atoms with Crippen LogP contribution in [0.25, 0.3) is 0 Å². The highest BCUT2D eigenvalue weighted by Crippen LogP contribution is 2.29. The molecule has 0 spiro atoms. The molecule has 0 saturated carbocycles. The standard InChI is InChI=1S/C18H13F4NO9S/c1-33(28,29)15-5-2-9(6-12(15)23(26)27)16(25)30-8-13(24)11-4-3-10(31-17(19)20)7-14(11)32-18(21)22/h2-7,17-18H,8H2,1H3. The molecule has 10 nitrogen and oxygen atoms in total. The lowest BCUT2D eigenvalue weighted by molar-refractivity contribution is -0.387. The number of hydrogen-bond donors (Lipinski definition) is 0. The third-order valence-corrected chi connectivity index (χ3v) is 4.96. The van der Waals surface area contributed by atoms with Crippen LogP contribution in [0.3, 0.4) is 0 Å². The van der Waals surface area contributed by atoms with Crippen molar-refractivity contribution in [1.29, 1.82) is 0 Å². The highest BCUT2D eigenvalue weighted by atomic mass is 32.2. The van der Waals surface area contributed by atoms with Gasteiger partial charge in [-0.25, -0.2) is 13.2 Å². The summed E-state index contributed by atoms with van der Waals surface area (Å²) >= 11 is 0. The van der Waals surface area contributed by atoms with Crippen molar-refractivity contribution in [2.45, 2.75) is 18.1 Å². The van der Waals surface area contributed by atoms with Gasteiger partial charge in [0.1, 0.15) is 16.4 Å². The summed E-state index contributed by atoms with van der Waals surface area (Å²) in [6.45, 7) is -7.74. The summed E-state index contributed by atoms with van der Waals surface area (Å²) in [4.78, 5) is 33.9. The van der Waals surface area contributed by atoms with E-state index in [-0.39, 0.29) is 0 Å². The molecule has 0 radical (unpaired) electrons. The molecule has 0 N–H and O–H groups in total. The third-order valence-electron chi connectivity index (χ3n) is 3.82. The van der Waals surface area contributed by atoms with Gasteiger partial charge in [-0.05, 0) is 24.3 Å². The first kappa shape index (κ1) is 25.5. The summed E-state index contributed by atoms with van der Waals surface area (Å²) in [6.07, 6.45) is 0.725. The topological polar surface area (TPSA) is 139 Å². The quantitative estimate of drug-likeness (QED) is 0.160. The predicted octanol–water partition coefficient (Wildman–Crippen LogP) is 3.24. The van der Waals surface area contributed by atoms with Crippen molar-refractivity contribution in [2.24, 2.45) is 0 Å². The molecular weight excluding hydrogens is 482 g/mol. The molecule has 0 saturated heterocycles. The van der Waals surface area contributed by atoms with Gasteiger partial charge in [-0.15, -0.1) is 0 Å². The van der Waals surface area contributed by atoms with Gasteiger partial charge in [0.25, 0.3) is 5.69 Å². The number of halogens is 4. The molecule has 0 unspecified atom stereocenters. The number of nitrogens with zero attached hydrogens (tertiary/aromatic N) is 1. The van der Waals surface area contributed by atoms with Crippen LogP contribution in [0.15, 0.2) is 41.3 Å².